The van der Waals surface area contributed by atoms with E-state index in [-0.39, 0.29) is 0 Å². The van der Waals surface area contributed by atoms with Crippen LogP contribution in [0.3, 0.4) is 0 Å². The fraction of sp³-hybridized carbons (Fsp3) is 0.0141. The summed E-state index contributed by atoms with van der Waals surface area (Å²) in [5, 5.41) is 4.98. The highest BCUT2D eigenvalue weighted by atomic mass is 15.1. The fourth-order valence-electron chi connectivity index (χ4n) is 11.9. The van der Waals surface area contributed by atoms with Gasteiger partial charge in [-0.15, -0.1) is 0 Å². The molecule has 0 aliphatic heterocycles. The Morgan fingerprint density at radius 3 is 1.55 bits per heavy atom. The van der Waals surface area contributed by atoms with Crippen molar-refractivity contribution >= 4 is 49.6 Å². The van der Waals surface area contributed by atoms with Crippen molar-refractivity contribution in [3.05, 3.63) is 313 Å². The molecule has 342 valence electrons. The third kappa shape index (κ3) is 7.02. The van der Waals surface area contributed by atoms with E-state index in [1.807, 2.05) is 0 Å². The quantitative estimate of drug-likeness (QED) is 0.140. The average molecular weight is 929 g/mol. The van der Waals surface area contributed by atoms with E-state index in [1.54, 1.807) is 0 Å². The SMILES string of the molecule is c1ccc(-c2ccc(N(c3cccc(-c4ccc(-c5ccc6c7ccccc7n(-c7ccc8ccccc8c7)c6c5)cc4)c3)c3ccc4c(c3)C(c3ccccc3)(c3ccccc3)c3ccccc3-4)cc2)cc1. The van der Waals surface area contributed by atoms with E-state index in [1.165, 1.54) is 88.2 Å². The first-order chi connectivity index (χ1) is 36.2. The smallest absolute Gasteiger partial charge is 0.0714 e. The Hall–Kier alpha value is -9.50. The van der Waals surface area contributed by atoms with Crippen LogP contribution >= 0.6 is 0 Å². The van der Waals surface area contributed by atoms with Gasteiger partial charge in [-0.2, -0.15) is 0 Å². The molecule has 2 nitrogen and oxygen atoms in total. The standard InChI is InChI=1S/C71H48N2/c1-4-17-49(18-5-1)51-35-39-59(40-36-51)72(62-42-44-64-63-27-12-14-29-67(63)71(68(64)48-62,57-22-6-2-7-23-57)58-24-8-3-9-25-58)60-26-16-21-55(45-60)52-31-33-53(34-32-52)56-38-43-66-65-28-13-15-30-69(65)73(70(66)47-56)61-41-37-50-19-10-11-20-54(50)46-61/h1-48H. The molecule has 12 aromatic carbocycles. The minimum absolute atomic E-state index is 0.519. The number of aromatic nitrogens is 1. The van der Waals surface area contributed by atoms with Crippen molar-refractivity contribution in [1.29, 1.82) is 0 Å². The van der Waals surface area contributed by atoms with Crippen LogP contribution in [0.2, 0.25) is 0 Å². The summed E-state index contributed by atoms with van der Waals surface area (Å²) in [6.07, 6.45) is 0. The summed E-state index contributed by atoms with van der Waals surface area (Å²) >= 11 is 0. The van der Waals surface area contributed by atoms with Crippen LogP contribution in [0.15, 0.2) is 291 Å². The van der Waals surface area contributed by atoms with Crippen molar-refractivity contribution in [2.45, 2.75) is 5.41 Å². The predicted molar refractivity (Wildman–Crippen MR) is 307 cm³/mol. The van der Waals surface area contributed by atoms with Crippen molar-refractivity contribution in [1.82, 2.24) is 4.57 Å². The van der Waals surface area contributed by atoms with Crippen LogP contribution in [0, 0.1) is 0 Å². The number of nitrogens with zero attached hydrogens (tertiary/aromatic N) is 2. The molecular formula is C71H48N2. The van der Waals surface area contributed by atoms with E-state index in [0.717, 1.165) is 33.9 Å². The highest BCUT2D eigenvalue weighted by molar-refractivity contribution is 6.10. The number of hydrogen-bond donors (Lipinski definition) is 0. The predicted octanol–water partition coefficient (Wildman–Crippen LogP) is 18.8. The van der Waals surface area contributed by atoms with Crippen LogP contribution in [-0.4, -0.2) is 4.57 Å². The molecule has 0 unspecified atom stereocenters. The molecule has 1 aliphatic carbocycles. The summed E-state index contributed by atoms with van der Waals surface area (Å²) in [4.78, 5) is 2.43. The first kappa shape index (κ1) is 42.4. The molecule has 13 aromatic rings. The van der Waals surface area contributed by atoms with Crippen molar-refractivity contribution in [3.63, 3.8) is 0 Å². The average Bonchev–Trinajstić information content (AvgIpc) is 4.01. The van der Waals surface area contributed by atoms with Crippen LogP contribution < -0.4 is 4.90 Å². The molecule has 1 aliphatic rings. The zero-order valence-corrected chi connectivity index (χ0v) is 40.1. The van der Waals surface area contributed by atoms with Gasteiger partial charge in [-0.1, -0.05) is 231 Å². The Balaban J connectivity index is 0.879. The molecule has 0 atom stereocenters. The number of para-hydroxylation sites is 1. The number of anilines is 3. The minimum Gasteiger partial charge on any atom is -0.310 e. The molecule has 73 heavy (non-hydrogen) atoms. The lowest BCUT2D eigenvalue weighted by molar-refractivity contribution is 0.768. The summed E-state index contributed by atoms with van der Waals surface area (Å²) in [5.74, 6) is 0. The van der Waals surface area contributed by atoms with Crippen molar-refractivity contribution < 1.29 is 0 Å². The molecular weight excluding hydrogens is 881 g/mol. The Morgan fingerprint density at radius 1 is 0.274 bits per heavy atom. The molecule has 0 bridgehead atoms. The molecule has 0 saturated carbocycles. The van der Waals surface area contributed by atoms with Gasteiger partial charge >= 0.3 is 0 Å². The van der Waals surface area contributed by atoms with Gasteiger partial charge in [0.1, 0.15) is 0 Å². The normalized spacial score (nSPS) is 12.5. The molecule has 0 N–H and O–H groups in total. The van der Waals surface area contributed by atoms with Crippen LogP contribution in [0.5, 0.6) is 0 Å². The summed E-state index contributed by atoms with van der Waals surface area (Å²) in [5.41, 5.74) is 21.0. The lowest BCUT2D eigenvalue weighted by Gasteiger charge is -2.35. The fourth-order valence-corrected chi connectivity index (χ4v) is 11.9. The molecule has 0 fully saturated rings. The third-order valence-electron chi connectivity index (χ3n) is 15.3. The van der Waals surface area contributed by atoms with E-state index in [0.29, 0.717) is 0 Å². The lowest BCUT2D eigenvalue weighted by atomic mass is 9.67. The van der Waals surface area contributed by atoms with E-state index in [9.17, 15) is 0 Å². The minimum atomic E-state index is -0.519. The Morgan fingerprint density at radius 2 is 0.795 bits per heavy atom. The summed E-state index contributed by atoms with van der Waals surface area (Å²) in [7, 11) is 0. The second-order valence-electron chi connectivity index (χ2n) is 19.2. The Bertz CT molecular complexity index is 4130. The van der Waals surface area contributed by atoms with Gasteiger partial charge in [0.25, 0.3) is 0 Å². The Labute approximate surface area is 426 Å². The Kier molecular flexibility index (Phi) is 10.1. The topological polar surface area (TPSA) is 8.17 Å². The first-order valence-electron chi connectivity index (χ1n) is 25.2. The largest absolute Gasteiger partial charge is 0.310 e. The maximum Gasteiger partial charge on any atom is 0.0714 e. The molecule has 1 aromatic heterocycles. The monoisotopic (exact) mass is 928 g/mol. The van der Waals surface area contributed by atoms with E-state index in [4.69, 9.17) is 0 Å². The highest BCUT2D eigenvalue weighted by Gasteiger charge is 2.46. The number of benzene rings is 12. The number of rotatable bonds is 9. The lowest BCUT2D eigenvalue weighted by Crippen LogP contribution is -2.28. The number of hydrogen-bond acceptors (Lipinski definition) is 1. The molecule has 0 radical (unpaired) electrons. The van der Waals surface area contributed by atoms with E-state index in [2.05, 4.69) is 301 Å². The second kappa shape index (κ2) is 17.4. The van der Waals surface area contributed by atoms with Crippen LogP contribution in [0.1, 0.15) is 22.3 Å². The van der Waals surface area contributed by atoms with Crippen LogP contribution in [-0.2, 0) is 5.41 Å². The molecule has 0 amide bonds. The van der Waals surface area contributed by atoms with Gasteiger partial charge in [0.15, 0.2) is 0 Å². The van der Waals surface area contributed by atoms with Gasteiger partial charge in [-0.3, -0.25) is 0 Å². The van der Waals surface area contributed by atoms with Gasteiger partial charge in [-0.25, -0.2) is 0 Å². The van der Waals surface area contributed by atoms with E-state index >= 15 is 0 Å². The number of fused-ring (bicyclic) bond motifs is 7. The van der Waals surface area contributed by atoms with E-state index < -0.39 is 5.41 Å². The maximum atomic E-state index is 2.46. The maximum absolute atomic E-state index is 2.46. The summed E-state index contributed by atoms with van der Waals surface area (Å²) < 4.78 is 2.42. The van der Waals surface area contributed by atoms with Crippen molar-refractivity contribution in [2.24, 2.45) is 0 Å². The molecule has 2 heteroatoms. The molecule has 0 saturated heterocycles. The molecule has 1 heterocycles. The van der Waals surface area contributed by atoms with Gasteiger partial charge < -0.3 is 9.47 Å². The summed E-state index contributed by atoms with van der Waals surface area (Å²) in [6, 6.07) is 107. The third-order valence-corrected chi connectivity index (χ3v) is 15.3. The van der Waals surface area contributed by atoms with Gasteiger partial charge in [0, 0.05) is 33.5 Å². The first-order valence-corrected chi connectivity index (χ1v) is 25.2. The van der Waals surface area contributed by atoms with Gasteiger partial charge in [-0.05, 0) is 138 Å². The summed E-state index contributed by atoms with van der Waals surface area (Å²) in [6.45, 7) is 0. The highest BCUT2D eigenvalue weighted by Crippen LogP contribution is 2.57. The zero-order chi connectivity index (χ0) is 48.3. The zero-order valence-electron chi connectivity index (χ0n) is 40.1. The molecule has 0 spiro atoms. The van der Waals surface area contributed by atoms with Crippen molar-refractivity contribution in [2.75, 3.05) is 4.90 Å². The van der Waals surface area contributed by atoms with Crippen molar-refractivity contribution in [3.8, 4) is 50.2 Å². The second-order valence-corrected chi connectivity index (χ2v) is 19.2. The van der Waals surface area contributed by atoms with Gasteiger partial charge in [0.2, 0.25) is 0 Å². The van der Waals surface area contributed by atoms with Crippen LogP contribution in [0.25, 0.3) is 82.8 Å². The van der Waals surface area contributed by atoms with Crippen LogP contribution in [0.4, 0.5) is 17.1 Å². The molecule has 14 rings (SSSR count). The van der Waals surface area contributed by atoms with Gasteiger partial charge in [0.05, 0.1) is 16.4 Å².